The molecular formula is C14H20ClN3O2. The number of hydrogen-bond acceptors (Lipinski definition) is 5. The smallest absolute Gasteiger partial charge is 0.231 e. The lowest BCUT2D eigenvalue weighted by Crippen LogP contribution is -2.24. The third-order valence-corrected chi connectivity index (χ3v) is 3.01. The van der Waals surface area contributed by atoms with Gasteiger partial charge in [0.05, 0.1) is 13.5 Å². The molecule has 1 atom stereocenters. The van der Waals surface area contributed by atoms with E-state index in [0.29, 0.717) is 18.4 Å². The fourth-order valence-corrected chi connectivity index (χ4v) is 1.74. The van der Waals surface area contributed by atoms with Crippen LogP contribution >= 0.6 is 12.4 Å². The lowest BCUT2D eigenvalue weighted by Gasteiger charge is -2.04. The van der Waals surface area contributed by atoms with E-state index in [1.54, 1.807) is 7.11 Å². The van der Waals surface area contributed by atoms with Crippen molar-refractivity contribution >= 4 is 12.4 Å². The minimum absolute atomic E-state index is 0. The van der Waals surface area contributed by atoms with Crippen molar-refractivity contribution in [3.63, 3.8) is 0 Å². The number of hydrogen-bond donors (Lipinski definition) is 1. The number of nitrogens with zero attached hydrogens (tertiary/aromatic N) is 2. The van der Waals surface area contributed by atoms with Gasteiger partial charge in [-0.3, -0.25) is 0 Å². The molecule has 1 aromatic heterocycles. The maximum Gasteiger partial charge on any atom is 0.231 e. The third kappa shape index (κ3) is 4.51. The van der Waals surface area contributed by atoms with E-state index in [-0.39, 0.29) is 12.4 Å². The van der Waals surface area contributed by atoms with Crippen molar-refractivity contribution in [2.45, 2.75) is 25.8 Å². The molecule has 110 valence electrons. The summed E-state index contributed by atoms with van der Waals surface area (Å²) < 4.78 is 10.4. The maximum absolute atomic E-state index is 5.25. The summed E-state index contributed by atoms with van der Waals surface area (Å²) in [7, 11) is 3.57. The van der Waals surface area contributed by atoms with Crippen molar-refractivity contribution in [2.75, 3.05) is 14.2 Å². The highest BCUT2D eigenvalue weighted by molar-refractivity contribution is 5.85. The predicted octanol–water partition coefficient (Wildman–Crippen LogP) is 2.24. The largest absolute Gasteiger partial charge is 0.497 e. The van der Waals surface area contributed by atoms with Crippen LogP contribution in [0.4, 0.5) is 0 Å². The van der Waals surface area contributed by atoms with Gasteiger partial charge >= 0.3 is 0 Å². The molecule has 0 saturated carbocycles. The quantitative estimate of drug-likeness (QED) is 0.886. The molecule has 2 aromatic rings. The molecule has 0 amide bonds. The normalized spacial score (nSPS) is 11.8. The molecule has 0 bridgehead atoms. The van der Waals surface area contributed by atoms with Crippen LogP contribution in [0.15, 0.2) is 28.8 Å². The molecule has 0 saturated heterocycles. The molecule has 0 aliphatic rings. The molecule has 1 aromatic carbocycles. The average molecular weight is 298 g/mol. The summed E-state index contributed by atoms with van der Waals surface area (Å²) in [6.07, 6.45) is 1.41. The van der Waals surface area contributed by atoms with E-state index in [2.05, 4.69) is 22.4 Å². The van der Waals surface area contributed by atoms with Gasteiger partial charge in [-0.1, -0.05) is 17.3 Å². The molecule has 0 aliphatic carbocycles. The number of methoxy groups -OCH3 is 1. The third-order valence-electron chi connectivity index (χ3n) is 3.01. The van der Waals surface area contributed by atoms with Gasteiger partial charge in [-0.25, -0.2) is 0 Å². The summed E-state index contributed by atoms with van der Waals surface area (Å²) in [5, 5.41) is 7.13. The molecule has 0 radical (unpaired) electrons. The van der Waals surface area contributed by atoms with Crippen LogP contribution in [0.1, 0.15) is 24.2 Å². The Labute approximate surface area is 125 Å². The summed E-state index contributed by atoms with van der Waals surface area (Å²) in [6, 6.07) is 8.19. The van der Waals surface area contributed by atoms with Crippen LogP contribution in [0.5, 0.6) is 5.75 Å². The Hall–Kier alpha value is -1.59. The van der Waals surface area contributed by atoms with Gasteiger partial charge < -0.3 is 14.6 Å². The Kier molecular flexibility index (Phi) is 6.48. The van der Waals surface area contributed by atoms with E-state index < -0.39 is 0 Å². The molecule has 5 nitrogen and oxygen atoms in total. The number of ether oxygens (including phenoxy) is 1. The monoisotopic (exact) mass is 297 g/mol. The first kappa shape index (κ1) is 16.5. The number of benzene rings is 1. The Morgan fingerprint density at radius 1 is 1.30 bits per heavy atom. The zero-order chi connectivity index (χ0) is 13.7. The van der Waals surface area contributed by atoms with E-state index in [1.807, 2.05) is 31.3 Å². The molecule has 20 heavy (non-hydrogen) atoms. The molecule has 1 heterocycles. The first-order valence-corrected chi connectivity index (χ1v) is 6.33. The molecule has 2 rings (SSSR count). The van der Waals surface area contributed by atoms with E-state index in [0.717, 1.165) is 23.6 Å². The lowest BCUT2D eigenvalue weighted by atomic mass is 10.1. The van der Waals surface area contributed by atoms with Crippen molar-refractivity contribution in [2.24, 2.45) is 0 Å². The van der Waals surface area contributed by atoms with Crippen molar-refractivity contribution in [3.8, 4) is 5.75 Å². The van der Waals surface area contributed by atoms with E-state index in [4.69, 9.17) is 9.26 Å². The van der Waals surface area contributed by atoms with Crippen LogP contribution in [0.2, 0.25) is 0 Å². The van der Waals surface area contributed by atoms with Crippen LogP contribution in [-0.2, 0) is 12.8 Å². The van der Waals surface area contributed by atoms with Gasteiger partial charge in [-0.05, 0) is 31.7 Å². The van der Waals surface area contributed by atoms with Crippen LogP contribution in [0, 0.1) is 0 Å². The zero-order valence-electron chi connectivity index (χ0n) is 11.9. The number of nitrogens with one attached hydrogen (secondary N) is 1. The Bertz CT molecular complexity index is 513. The van der Waals surface area contributed by atoms with Crippen LogP contribution < -0.4 is 10.1 Å². The van der Waals surface area contributed by atoms with Gasteiger partial charge in [0.2, 0.25) is 5.89 Å². The van der Waals surface area contributed by atoms with Crippen molar-refractivity contribution in [1.29, 1.82) is 0 Å². The van der Waals surface area contributed by atoms with Crippen molar-refractivity contribution in [3.05, 3.63) is 41.5 Å². The molecule has 1 N–H and O–H groups in total. The lowest BCUT2D eigenvalue weighted by molar-refractivity contribution is 0.377. The number of halogens is 1. The summed E-state index contributed by atoms with van der Waals surface area (Å²) >= 11 is 0. The second-order valence-electron chi connectivity index (χ2n) is 4.52. The Morgan fingerprint density at radius 2 is 2.00 bits per heavy atom. The highest BCUT2D eigenvalue weighted by Crippen LogP contribution is 2.14. The maximum atomic E-state index is 5.25. The molecule has 6 heteroatoms. The molecule has 0 aliphatic heterocycles. The van der Waals surface area contributed by atoms with Crippen LogP contribution in [0.3, 0.4) is 0 Å². The van der Waals surface area contributed by atoms with Crippen LogP contribution in [0.25, 0.3) is 0 Å². The fourth-order valence-electron chi connectivity index (χ4n) is 1.74. The van der Waals surface area contributed by atoms with Crippen LogP contribution in [-0.4, -0.2) is 30.3 Å². The SMILES string of the molecule is CNC(C)Cc1noc(Cc2ccc(OC)cc2)n1.Cl. The van der Waals surface area contributed by atoms with E-state index >= 15 is 0 Å². The predicted molar refractivity (Wildman–Crippen MR) is 79.6 cm³/mol. The summed E-state index contributed by atoms with van der Waals surface area (Å²) in [5.74, 6) is 2.23. The minimum atomic E-state index is 0. The van der Waals surface area contributed by atoms with E-state index in [1.165, 1.54) is 0 Å². The standard InChI is InChI=1S/C14H19N3O2.ClH/c1-10(15-2)8-13-16-14(19-17-13)9-11-4-6-12(18-3)7-5-11;/h4-7,10,15H,8-9H2,1-3H3;1H. The summed E-state index contributed by atoms with van der Waals surface area (Å²) in [5.41, 5.74) is 1.12. The van der Waals surface area contributed by atoms with Gasteiger partial charge in [-0.2, -0.15) is 4.98 Å². The average Bonchev–Trinajstić information content (AvgIpc) is 2.86. The topological polar surface area (TPSA) is 60.2 Å². The van der Waals surface area contributed by atoms with E-state index in [9.17, 15) is 0 Å². The summed E-state index contributed by atoms with van der Waals surface area (Å²) in [6.45, 7) is 2.08. The Balaban J connectivity index is 0.00000200. The fraction of sp³-hybridized carbons (Fsp3) is 0.429. The second-order valence-corrected chi connectivity index (χ2v) is 4.52. The number of aromatic nitrogens is 2. The highest BCUT2D eigenvalue weighted by atomic mass is 35.5. The molecule has 0 spiro atoms. The zero-order valence-corrected chi connectivity index (χ0v) is 12.7. The van der Waals surface area contributed by atoms with Gasteiger partial charge in [0, 0.05) is 12.5 Å². The van der Waals surface area contributed by atoms with Gasteiger partial charge in [0.15, 0.2) is 5.82 Å². The first-order valence-electron chi connectivity index (χ1n) is 6.33. The summed E-state index contributed by atoms with van der Waals surface area (Å²) in [4.78, 5) is 4.39. The van der Waals surface area contributed by atoms with Crippen molar-refractivity contribution in [1.82, 2.24) is 15.5 Å². The molecular weight excluding hydrogens is 278 g/mol. The van der Waals surface area contributed by atoms with Crippen molar-refractivity contribution < 1.29 is 9.26 Å². The minimum Gasteiger partial charge on any atom is -0.497 e. The molecule has 1 unspecified atom stereocenters. The molecule has 0 fully saturated rings. The van der Waals surface area contributed by atoms with Gasteiger partial charge in [0.25, 0.3) is 0 Å². The number of likely N-dealkylation sites (N-methyl/N-ethyl adjacent to an activating group) is 1. The highest BCUT2D eigenvalue weighted by Gasteiger charge is 2.09. The second kappa shape index (κ2) is 7.87. The Morgan fingerprint density at radius 3 is 2.60 bits per heavy atom. The van der Waals surface area contributed by atoms with Gasteiger partial charge in [0.1, 0.15) is 5.75 Å². The van der Waals surface area contributed by atoms with Gasteiger partial charge in [-0.15, -0.1) is 12.4 Å². The number of rotatable bonds is 6. The first-order chi connectivity index (χ1) is 9.21.